The molecule has 13 heteroatoms. The summed E-state index contributed by atoms with van der Waals surface area (Å²) in [5.41, 5.74) is 0.187. The zero-order valence-corrected chi connectivity index (χ0v) is 28.1. The van der Waals surface area contributed by atoms with E-state index in [9.17, 15) is 22.4 Å². The van der Waals surface area contributed by atoms with Crippen LogP contribution in [0.15, 0.2) is 65.6 Å². The number of nitrogens with zero attached hydrogens (tertiary/aromatic N) is 2. The van der Waals surface area contributed by atoms with E-state index in [2.05, 4.69) is 5.32 Å². The summed E-state index contributed by atoms with van der Waals surface area (Å²) in [6.45, 7) is 0.524. The molecule has 0 bridgehead atoms. The summed E-state index contributed by atoms with van der Waals surface area (Å²) >= 11 is 0. The van der Waals surface area contributed by atoms with Gasteiger partial charge in [-0.2, -0.15) is 0 Å². The fourth-order valence-electron chi connectivity index (χ4n) is 5.57. The minimum absolute atomic E-state index is 0.0140. The molecular formula is C34H42FN3O8S. The van der Waals surface area contributed by atoms with Gasteiger partial charge in [0.25, 0.3) is 10.0 Å². The summed E-state index contributed by atoms with van der Waals surface area (Å²) in [5.74, 6) is -0.790. The highest BCUT2D eigenvalue weighted by molar-refractivity contribution is 7.92. The van der Waals surface area contributed by atoms with E-state index in [1.54, 1.807) is 19.1 Å². The van der Waals surface area contributed by atoms with Crippen molar-refractivity contribution in [3.8, 4) is 23.0 Å². The molecule has 3 aromatic rings. The van der Waals surface area contributed by atoms with Crippen molar-refractivity contribution in [1.29, 1.82) is 0 Å². The van der Waals surface area contributed by atoms with Crippen LogP contribution in [-0.2, 0) is 26.2 Å². The lowest BCUT2D eigenvalue weighted by atomic mass is 9.95. The quantitative estimate of drug-likeness (QED) is 0.256. The first-order valence-corrected chi connectivity index (χ1v) is 16.8. The molecule has 1 atom stereocenters. The highest BCUT2D eigenvalue weighted by atomic mass is 32.2. The number of anilines is 1. The first kappa shape index (κ1) is 35.3. The lowest BCUT2D eigenvalue weighted by Crippen LogP contribution is -2.53. The zero-order chi connectivity index (χ0) is 34.1. The van der Waals surface area contributed by atoms with Crippen molar-refractivity contribution in [2.45, 2.75) is 62.6 Å². The van der Waals surface area contributed by atoms with Crippen LogP contribution in [0, 0.1) is 5.82 Å². The van der Waals surface area contributed by atoms with Crippen LogP contribution in [0.3, 0.4) is 0 Å². The first-order chi connectivity index (χ1) is 22.5. The number of carbonyl (C=O) groups is 2. The second kappa shape index (κ2) is 15.9. The number of amides is 2. The summed E-state index contributed by atoms with van der Waals surface area (Å²) in [5, 5.41) is 3.03. The van der Waals surface area contributed by atoms with Crippen LogP contribution in [0.1, 0.15) is 44.6 Å². The Morgan fingerprint density at radius 2 is 1.53 bits per heavy atom. The second-order valence-electron chi connectivity index (χ2n) is 11.2. The van der Waals surface area contributed by atoms with Gasteiger partial charge in [-0.05, 0) is 50.1 Å². The molecule has 0 heterocycles. The molecule has 1 fully saturated rings. The number of ether oxygens (including phenoxy) is 4. The third-order valence-corrected chi connectivity index (χ3v) is 10.0. The van der Waals surface area contributed by atoms with Crippen LogP contribution in [0.4, 0.5) is 10.1 Å². The molecule has 4 rings (SSSR count). The van der Waals surface area contributed by atoms with Crippen LogP contribution in [0.25, 0.3) is 0 Å². The second-order valence-corrected chi connectivity index (χ2v) is 13.1. The van der Waals surface area contributed by atoms with E-state index in [-0.39, 0.29) is 40.2 Å². The summed E-state index contributed by atoms with van der Waals surface area (Å²) in [6.07, 6.45) is 4.72. The Labute approximate surface area is 275 Å². The van der Waals surface area contributed by atoms with Crippen LogP contribution in [-0.4, -0.2) is 72.2 Å². The Morgan fingerprint density at radius 3 is 2.17 bits per heavy atom. The third kappa shape index (κ3) is 8.26. The number of hydrogen-bond acceptors (Lipinski definition) is 8. The molecule has 1 aliphatic carbocycles. The number of nitrogens with one attached hydrogen (secondary N) is 1. The monoisotopic (exact) mass is 671 g/mol. The van der Waals surface area contributed by atoms with E-state index in [1.807, 2.05) is 0 Å². The van der Waals surface area contributed by atoms with Crippen molar-refractivity contribution < 1.29 is 41.3 Å². The maximum absolute atomic E-state index is 14.9. The number of sulfonamides is 1. The highest BCUT2D eigenvalue weighted by Gasteiger charge is 2.35. The molecule has 254 valence electrons. The minimum atomic E-state index is -4.51. The number of hydrogen-bond donors (Lipinski definition) is 1. The van der Waals surface area contributed by atoms with Crippen molar-refractivity contribution in [3.63, 3.8) is 0 Å². The normalized spacial score (nSPS) is 14.1. The Balaban J connectivity index is 1.79. The summed E-state index contributed by atoms with van der Waals surface area (Å²) in [7, 11) is 1.09. The maximum atomic E-state index is 14.9. The van der Waals surface area contributed by atoms with Gasteiger partial charge in [0.15, 0.2) is 11.5 Å². The zero-order valence-electron chi connectivity index (χ0n) is 27.3. The predicted molar refractivity (Wildman–Crippen MR) is 175 cm³/mol. The van der Waals surface area contributed by atoms with Gasteiger partial charge in [0.1, 0.15) is 29.9 Å². The SMILES string of the molecule is COc1ccc(OC)c(N(CC(=O)N(Cc2ccccc2F)[C@@H](C)C(=O)NC2CCCCC2)S(=O)(=O)c2ccc(OC)c(OC)c2)c1. The molecule has 0 spiro atoms. The van der Waals surface area contributed by atoms with E-state index in [0.717, 1.165) is 36.4 Å². The number of carbonyl (C=O) groups excluding carboxylic acids is 2. The van der Waals surface area contributed by atoms with Gasteiger partial charge < -0.3 is 29.2 Å². The van der Waals surface area contributed by atoms with Crippen molar-refractivity contribution in [2.24, 2.45) is 0 Å². The van der Waals surface area contributed by atoms with Crippen LogP contribution in [0.5, 0.6) is 23.0 Å². The Kier molecular flexibility index (Phi) is 11.9. The van der Waals surface area contributed by atoms with Gasteiger partial charge in [0.2, 0.25) is 11.8 Å². The summed E-state index contributed by atoms with van der Waals surface area (Å²) in [6, 6.07) is 13.5. The van der Waals surface area contributed by atoms with Crippen molar-refractivity contribution in [1.82, 2.24) is 10.2 Å². The average molecular weight is 672 g/mol. The third-order valence-electron chi connectivity index (χ3n) is 8.29. The van der Waals surface area contributed by atoms with Gasteiger partial charge in [0, 0.05) is 30.3 Å². The number of halogens is 1. The molecule has 3 aromatic carbocycles. The number of methoxy groups -OCH3 is 4. The Morgan fingerprint density at radius 1 is 0.872 bits per heavy atom. The van der Waals surface area contributed by atoms with Crippen molar-refractivity contribution in [2.75, 3.05) is 39.3 Å². The fourth-order valence-corrected chi connectivity index (χ4v) is 7.00. The van der Waals surface area contributed by atoms with Crippen LogP contribution in [0.2, 0.25) is 0 Å². The lowest BCUT2D eigenvalue weighted by Gasteiger charge is -2.33. The van der Waals surface area contributed by atoms with Gasteiger partial charge in [-0.25, -0.2) is 12.8 Å². The smallest absolute Gasteiger partial charge is 0.265 e. The molecule has 0 radical (unpaired) electrons. The van der Waals surface area contributed by atoms with E-state index in [1.165, 1.54) is 81.9 Å². The standard InChI is InChI=1S/C34H42FN3O8S/c1-23(34(40)36-25-12-7-6-8-13-25)37(21-24-11-9-10-14-28(24)35)33(39)22-38(29-19-26(43-2)15-17-30(29)44-3)47(41,42)27-16-18-31(45-4)32(20-27)46-5/h9-11,14-20,23,25H,6-8,12-13,21-22H2,1-5H3,(H,36,40)/t23-/m0/s1. The Bertz CT molecular complexity index is 1660. The Hall–Kier alpha value is -4.52. The predicted octanol–water partition coefficient (Wildman–Crippen LogP) is 4.92. The van der Waals surface area contributed by atoms with E-state index < -0.39 is 40.2 Å². The van der Waals surface area contributed by atoms with Gasteiger partial charge in [-0.3, -0.25) is 13.9 Å². The molecule has 47 heavy (non-hydrogen) atoms. The average Bonchev–Trinajstić information content (AvgIpc) is 3.09. The van der Waals surface area contributed by atoms with Crippen LogP contribution >= 0.6 is 0 Å². The van der Waals surface area contributed by atoms with Crippen molar-refractivity contribution >= 4 is 27.5 Å². The molecule has 0 aliphatic heterocycles. The lowest BCUT2D eigenvalue weighted by molar-refractivity contribution is -0.139. The van der Waals surface area contributed by atoms with Gasteiger partial charge in [-0.15, -0.1) is 0 Å². The molecule has 1 aliphatic rings. The van der Waals surface area contributed by atoms with E-state index in [0.29, 0.717) is 11.5 Å². The van der Waals surface area contributed by atoms with E-state index >= 15 is 0 Å². The first-order valence-electron chi connectivity index (χ1n) is 15.3. The van der Waals surface area contributed by atoms with Crippen molar-refractivity contribution in [3.05, 3.63) is 72.0 Å². The van der Waals surface area contributed by atoms with Gasteiger partial charge >= 0.3 is 0 Å². The molecule has 2 amide bonds. The minimum Gasteiger partial charge on any atom is -0.497 e. The number of benzene rings is 3. The highest BCUT2D eigenvalue weighted by Crippen LogP contribution is 2.38. The van der Waals surface area contributed by atoms with Gasteiger partial charge in [0.05, 0.1) is 39.0 Å². The summed E-state index contributed by atoms with van der Waals surface area (Å²) < 4.78 is 66.2. The van der Waals surface area contributed by atoms with Gasteiger partial charge in [-0.1, -0.05) is 37.5 Å². The largest absolute Gasteiger partial charge is 0.497 e. The maximum Gasteiger partial charge on any atom is 0.265 e. The van der Waals surface area contributed by atoms with E-state index in [4.69, 9.17) is 18.9 Å². The molecule has 0 saturated heterocycles. The molecule has 1 N–H and O–H groups in total. The fraction of sp³-hybridized carbons (Fsp3) is 0.412. The van der Waals surface area contributed by atoms with Crippen LogP contribution < -0.4 is 28.6 Å². The summed E-state index contributed by atoms with van der Waals surface area (Å²) in [4.78, 5) is 28.9. The molecule has 0 unspecified atom stereocenters. The molecule has 0 aromatic heterocycles. The molecule has 11 nitrogen and oxygen atoms in total. The molecule has 1 saturated carbocycles. The topological polar surface area (TPSA) is 124 Å². The number of rotatable bonds is 14. The molecular weight excluding hydrogens is 629 g/mol.